The van der Waals surface area contributed by atoms with Crippen LogP contribution < -0.4 is 5.32 Å². The van der Waals surface area contributed by atoms with Crippen LogP contribution in [-0.4, -0.2) is 5.11 Å². The highest BCUT2D eigenvalue weighted by Crippen LogP contribution is 2.25. The highest BCUT2D eigenvalue weighted by atomic mass is 79.9. The van der Waals surface area contributed by atoms with Crippen molar-refractivity contribution in [3.05, 3.63) is 58.3 Å². The maximum atomic E-state index is 13.7. The number of nitrogens with one attached hydrogen (secondary N) is 1. The molecule has 1 atom stereocenters. The van der Waals surface area contributed by atoms with E-state index >= 15 is 0 Å². The minimum Gasteiger partial charge on any atom is -0.508 e. The summed E-state index contributed by atoms with van der Waals surface area (Å²) in [5.74, 6) is -0.476. The highest BCUT2D eigenvalue weighted by Gasteiger charge is 2.11. The summed E-state index contributed by atoms with van der Waals surface area (Å²) in [7, 11) is 0. The number of halogens is 2. The third-order valence-electron chi connectivity index (χ3n) is 2.66. The predicted octanol–water partition coefficient (Wildman–Crippen LogP) is 4.47. The fourth-order valence-corrected chi connectivity index (χ4v) is 2.17. The van der Waals surface area contributed by atoms with Gasteiger partial charge >= 0.3 is 0 Å². The second-order valence-electron chi connectivity index (χ2n) is 4.08. The second kappa shape index (κ2) is 5.40. The van der Waals surface area contributed by atoms with Gasteiger partial charge in [0.1, 0.15) is 11.6 Å². The Kier molecular flexibility index (Phi) is 3.87. The summed E-state index contributed by atoms with van der Waals surface area (Å²) in [6.45, 7) is 1.87. The molecule has 0 aliphatic rings. The average Bonchev–Trinajstić information content (AvgIpc) is 2.28. The highest BCUT2D eigenvalue weighted by molar-refractivity contribution is 9.10. The third kappa shape index (κ3) is 3.01. The molecule has 18 heavy (non-hydrogen) atoms. The van der Waals surface area contributed by atoms with Crippen LogP contribution in [0.5, 0.6) is 5.75 Å². The SMILES string of the molecule is CC(Nc1cccc(Br)c1)c1ccc(O)cc1F. The molecule has 2 nitrogen and oxygen atoms in total. The van der Waals surface area contributed by atoms with Crippen LogP contribution in [-0.2, 0) is 0 Å². The van der Waals surface area contributed by atoms with Crippen LogP contribution in [0.4, 0.5) is 10.1 Å². The minimum atomic E-state index is -0.412. The first-order chi connectivity index (χ1) is 8.56. The molecule has 0 saturated carbocycles. The van der Waals surface area contributed by atoms with E-state index in [2.05, 4.69) is 21.2 Å². The van der Waals surface area contributed by atoms with Crippen molar-refractivity contribution in [2.24, 2.45) is 0 Å². The van der Waals surface area contributed by atoms with Gasteiger partial charge in [-0.1, -0.05) is 28.1 Å². The number of anilines is 1. The van der Waals surface area contributed by atoms with Crippen LogP contribution in [0, 0.1) is 5.82 Å². The normalized spacial score (nSPS) is 12.2. The first kappa shape index (κ1) is 12.9. The Morgan fingerprint density at radius 2 is 2.00 bits per heavy atom. The minimum absolute atomic E-state index is 0.0640. The summed E-state index contributed by atoms with van der Waals surface area (Å²) in [5, 5.41) is 12.4. The molecule has 1 unspecified atom stereocenters. The van der Waals surface area contributed by atoms with Crippen molar-refractivity contribution in [3.63, 3.8) is 0 Å². The Bertz CT molecular complexity index is 559. The number of rotatable bonds is 3. The van der Waals surface area contributed by atoms with Gasteiger partial charge in [0.15, 0.2) is 0 Å². The molecule has 0 fully saturated rings. The number of hydrogen-bond donors (Lipinski definition) is 2. The fourth-order valence-electron chi connectivity index (χ4n) is 1.77. The van der Waals surface area contributed by atoms with Crippen LogP contribution >= 0.6 is 15.9 Å². The molecule has 0 aliphatic carbocycles. The zero-order valence-corrected chi connectivity index (χ0v) is 11.4. The average molecular weight is 310 g/mol. The number of phenols is 1. The van der Waals surface area contributed by atoms with Crippen LogP contribution in [0.1, 0.15) is 18.5 Å². The Labute approximate surface area is 114 Å². The summed E-state index contributed by atoms with van der Waals surface area (Å²) in [4.78, 5) is 0. The summed E-state index contributed by atoms with van der Waals surface area (Å²) < 4.78 is 14.6. The lowest BCUT2D eigenvalue weighted by Crippen LogP contribution is -2.08. The number of benzene rings is 2. The monoisotopic (exact) mass is 309 g/mol. The van der Waals surface area contributed by atoms with Crippen LogP contribution in [0.3, 0.4) is 0 Å². The topological polar surface area (TPSA) is 32.3 Å². The molecule has 2 rings (SSSR count). The molecule has 4 heteroatoms. The molecule has 0 heterocycles. The largest absolute Gasteiger partial charge is 0.508 e. The van der Waals surface area contributed by atoms with Gasteiger partial charge in [0.2, 0.25) is 0 Å². The Balaban J connectivity index is 2.19. The first-order valence-electron chi connectivity index (χ1n) is 5.57. The maximum Gasteiger partial charge on any atom is 0.132 e. The molecule has 2 aromatic rings. The van der Waals surface area contributed by atoms with E-state index in [-0.39, 0.29) is 11.8 Å². The molecule has 0 spiro atoms. The van der Waals surface area contributed by atoms with Gasteiger partial charge in [-0.25, -0.2) is 4.39 Å². The molecule has 0 aromatic heterocycles. The van der Waals surface area contributed by atoms with Crippen molar-refractivity contribution in [1.82, 2.24) is 0 Å². The smallest absolute Gasteiger partial charge is 0.132 e. The van der Waals surface area contributed by atoms with Crippen molar-refractivity contribution in [2.75, 3.05) is 5.32 Å². The van der Waals surface area contributed by atoms with Gasteiger partial charge in [-0.3, -0.25) is 0 Å². The zero-order chi connectivity index (χ0) is 13.1. The fraction of sp³-hybridized carbons (Fsp3) is 0.143. The number of hydrogen-bond acceptors (Lipinski definition) is 2. The van der Waals surface area contributed by atoms with E-state index < -0.39 is 5.82 Å². The Morgan fingerprint density at radius 1 is 1.22 bits per heavy atom. The van der Waals surface area contributed by atoms with E-state index in [0.717, 1.165) is 16.2 Å². The molecule has 0 radical (unpaired) electrons. The first-order valence-corrected chi connectivity index (χ1v) is 6.36. The molecule has 0 bridgehead atoms. The van der Waals surface area contributed by atoms with Crippen LogP contribution in [0.2, 0.25) is 0 Å². The van der Waals surface area contributed by atoms with E-state index in [1.54, 1.807) is 6.07 Å². The van der Waals surface area contributed by atoms with Gasteiger partial charge in [-0.05, 0) is 31.2 Å². The lowest BCUT2D eigenvalue weighted by atomic mass is 10.1. The molecular weight excluding hydrogens is 297 g/mol. The van der Waals surface area contributed by atoms with E-state index in [9.17, 15) is 9.50 Å². The van der Waals surface area contributed by atoms with Crippen molar-refractivity contribution >= 4 is 21.6 Å². The standard InChI is InChI=1S/C14H13BrFNO/c1-9(13-6-5-12(18)8-14(13)16)17-11-4-2-3-10(15)7-11/h2-9,17-18H,1H3. The summed E-state index contributed by atoms with van der Waals surface area (Å²) in [6.07, 6.45) is 0. The zero-order valence-electron chi connectivity index (χ0n) is 9.82. The third-order valence-corrected chi connectivity index (χ3v) is 3.15. The van der Waals surface area contributed by atoms with Crippen molar-refractivity contribution in [2.45, 2.75) is 13.0 Å². The molecule has 2 aromatic carbocycles. The van der Waals surface area contributed by atoms with Crippen molar-refractivity contribution in [3.8, 4) is 5.75 Å². The van der Waals surface area contributed by atoms with E-state index in [1.165, 1.54) is 6.07 Å². The quantitative estimate of drug-likeness (QED) is 0.877. The molecular formula is C14H13BrFNO. The van der Waals surface area contributed by atoms with Crippen molar-refractivity contribution < 1.29 is 9.50 Å². The molecule has 2 N–H and O–H groups in total. The van der Waals surface area contributed by atoms with Crippen LogP contribution in [0.25, 0.3) is 0 Å². The summed E-state index contributed by atoms with van der Waals surface area (Å²) >= 11 is 3.39. The molecule has 0 saturated heterocycles. The van der Waals surface area contributed by atoms with E-state index in [1.807, 2.05) is 31.2 Å². The molecule has 0 aliphatic heterocycles. The number of aromatic hydroxyl groups is 1. The summed E-state index contributed by atoms with van der Waals surface area (Å²) in [5.41, 5.74) is 1.43. The lowest BCUT2D eigenvalue weighted by molar-refractivity contribution is 0.467. The maximum absolute atomic E-state index is 13.7. The van der Waals surface area contributed by atoms with Gasteiger partial charge in [-0.2, -0.15) is 0 Å². The van der Waals surface area contributed by atoms with Crippen molar-refractivity contribution in [1.29, 1.82) is 0 Å². The second-order valence-corrected chi connectivity index (χ2v) is 5.00. The van der Waals surface area contributed by atoms with Gasteiger partial charge in [0.05, 0.1) is 6.04 Å². The molecule has 0 amide bonds. The Hall–Kier alpha value is -1.55. The predicted molar refractivity (Wildman–Crippen MR) is 74.2 cm³/mol. The van der Waals surface area contributed by atoms with Gasteiger partial charge in [0.25, 0.3) is 0 Å². The van der Waals surface area contributed by atoms with Gasteiger partial charge in [-0.15, -0.1) is 0 Å². The van der Waals surface area contributed by atoms with Gasteiger partial charge in [0, 0.05) is 21.8 Å². The van der Waals surface area contributed by atoms with E-state index in [4.69, 9.17) is 0 Å². The molecule has 94 valence electrons. The Morgan fingerprint density at radius 3 is 2.67 bits per heavy atom. The van der Waals surface area contributed by atoms with Crippen LogP contribution in [0.15, 0.2) is 46.9 Å². The number of phenolic OH excluding ortho intramolecular Hbond substituents is 1. The summed E-state index contributed by atoms with van der Waals surface area (Å²) in [6, 6.07) is 11.7. The lowest BCUT2D eigenvalue weighted by Gasteiger charge is -2.16. The van der Waals surface area contributed by atoms with E-state index in [0.29, 0.717) is 5.56 Å². The van der Waals surface area contributed by atoms with Gasteiger partial charge < -0.3 is 10.4 Å².